The van der Waals surface area contributed by atoms with Crippen molar-refractivity contribution >= 4 is 17.5 Å². The summed E-state index contributed by atoms with van der Waals surface area (Å²) in [6.07, 6.45) is 8.76. The van der Waals surface area contributed by atoms with Crippen molar-refractivity contribution in [3.63, 3.8) is 0 Å². The molecule has 1 aliphatic carbocycles. The molecule has 164 valence electrons. The highest BCUT2D eigenvalue weighted by Crippen LogP contribution is 2.28. The van der Waals surface area contributed by atoms with Crippen molar-refractivity contribution in [1.29, 1.82) is 0 Å². The van der Waals surface area contributed by atoms with E-state index < -0.39 is 0 Å². The number of nitrogens with one attached hydrogen (secondary N) is 2. The molecule has 0 bridgehead atoms. The normalized spacial score (nSPS) is 19.5. The summed E-state index contributed by atoms with van der Waals surface area (Å²) >= 11 is 0. The van der Waals surface area contributed by atoms with Crippen LogP contribution in [0.25, 0.3) is 0 Å². The summed E-state index contributed by atoms with van der Waals surface area (Å²) in [5, 5.41) is 6.12. The molecule has 1 aromatic heterocycles. The molecule has 1 saturated carbocycles. The van der Waals surface area contributed by atoms with E-state index in [2.05, 4.69) is 26.6 Å². The number of hydrogen-bond donors (Lipinski definition) is 2. The Kier molecular flexibility index (Phi) is 6.97. The minimum atomic E-state index is -0.150. The van der Waals surface area contributed by atoms with E-state index >= 15 is 0 Å². The van der Waals surface area contributed by atoms with E-state index in [0.717, 1.165) is 68.2 Å². The van der Waals surface area contributed by atoms with Crippen LogP contribution in [0.3, 0.4) is 0 Å². The number of amides is 2. The molecule has 6 nitrogen and oxygen atoms in total. The molecule has 1 saturated heterocycles. The molecule has 2 aromatic rings. The van der Waals surface area contributed by atoms with Crippen LogP contribution in [0.2, 0.25) is 0 Å². The highest BCUT2D eigenvalue weighted by atomic mass is 16.2. The zero-order valence-electron chi connectivity index (χ0n) is 18.3. The molecule has 0 radical (unpaired) electrons. The van der Waals surface area contributed by atoms with Crippen molar-refractivity contribution in [2.24, 2.45) is 11.8 Å². The fourth-order valence-electron chi connectivity index (χ4n) is 4.18. The first-order valence-corrected chi connectivity index (χ1v) is 11.4. The van der Waals surface area contributed by atoms with E-state index in [-0.39, 0.29) is 17.7 Å². The number of pyridine rings is 1. The van der Waals surface area contributed by atoms with Gasteiger partial charge < -0.3 is 10.6 Å². The third-order valence-electron chi connectivity index (χ3n) is 6.18. The SMILES string of the molecule is Cc1cncc(C(=O)Nc2cccc(CN3CCCC(C(=O)NCC4CC4)CC3)c2)c1. The number of aromatic nitrogens is 1. The standard InChI is InChI=1S/C25H32N4O2/c1-18-12-22(16-26-14-18)25(31)28-23-6-2-4-20(13-23)17-29-10-3-5-21(9-11-29)24(30)27-15-19-7-8-19/h2,4,6,12-14,16,19,21H,3,5,7-11,15,17H2,1H3,(H,27,30)(H,28,31). The zero-order chi connectivity index (χ0) is 21.6. The van der Waals surface area contributed by atoms with E-state index in [1.54, 1.807) is 12.4 Å². The second kappa shape index (κ2) is 10.1. The largest absolute Gasteiger partial charge is 0.356 e. The molecule has 2 amide bonds. The Labute approximate surface area is 184 Å². The molecule has 1 aliphatic heterocycles. The van der Waals surface area contributed by atoms with Gasteiger partial charge in [-0.3, -0.25) is 19.5 Å². The van der Waals surface area contributed by atoms with Gasteiger partial charge in [-0.05, 0) is 87.4 Å². The van der Waals surface area contributed by atoms with Crippen molar-refractivity contribution in [2.75, 3.05) is 25.0 Å². The van der Waals surface area contributed by atoms with Gasteiger partial charge in [-0.2, -0.15) is 0 Å². The van der Waals surface area contributed by atoms with Gasteiger partial charge in [0.15, 0.2) is 0 Å². The fraction of sp³-hybridized carbons (Fsp3) is 0.480. The number of carbonyl (C=O) groups excluding carboxylic acids is 2. The van der Waals surface area contributed by atoms with Gasteiger partial charge in [0.05, 0.1) is 5.56 Å². The van der Waals surface area contributed by atoms with Gasteiger partial charge >= 0.3 is 0 Å². The number of aryl methyl sites for hydroxylation is 1. The average molecular weight is 421 g/mol. The van der Waals surface area contributed by atoms with Crippen LogP contribution in [0.1, 0.15) is 53.6 Å². The second-order valence-electron chi connectivity index (χ2n) is 9.00. The second-order valence-corrected chi connectivity index (χ2v) is 9.00. The van der Waals surface area contributed by atoms with Gasteiger partial charge in [-0.25, -0.2) is 0 Å². The number of carbonyl (C=O) groups is 2. The van der Waals surface area contributed by atoms with Gasteiger partial charge in [-0.15, -0.1) is 0 Å². The molecule has 6 heteroatoms. The van der Waals surface area contributed by atoms with Crippen LogP contribution >= 0.6 is 0 Å². The predicted octanol–water partition coefficient (Wildman–Crippen LogP) is 3.77. The van der Waals surface area contributed by atoms with E-state index in [1.165, 1.54) is 12.8 Å². The lowest BCUT2D eigenvalue weighted by Crippen LogP contribution is -2.33. The molecular weight excluding hydrogens is 388 g/mol. The van der Waals surface area contributed by atoms with Gasteiger partial charge in [0.1, 0.15) is 0 Å². The number of anilines is 1. The van der Waals surface area contributed by atoms with Gasteiger partial charge in [-0.1, -0.05) is 12.1 Å². The Morgan fingerprint density at radius 3 is 2.77 bits per heavy atom. The van der Waals surface area contributed by atoms with Crippen molar-refractivity contribution < 1.29 is 9.59 Å². The Morgan fingerprint density at radius 2 is 1.97 bits per heavy atom. The Bertz CT molecular complexity index is 925. The molecule has 1 atom stereocenters. The van der Waals surface area contributed by atoms with Gasteiger partial charge in [0.2, 0.25) is 5.91 Å². The number of nitrogens with zero attached hydrogens (tertiary/aromatic N) is 2. The molecule has 1 aromatic carbocycles. The minimum absolute atomic E-state index is 0.136. The summed E-state index contributed by atoms with van der Waals surface area (Å²) in [6.45, 7) is 5.53. The van der Waals surface area contributed by atoms with E-state index in [1.807, 2.05) is 31.2 Å². The molecule has 31 heavy (non-hydrogen) atoms. The highest BCUT2D eigenvalue weighted by molar-refractivity contribution is 6.04. The number of hydrogen-bond acceptors (Lipinski definition) is 4. The Hall–Kier alpha value is -2.73. The smallest absolute Gasteiger partial charge is 0.257 e. The zero-order valence-corrected chi connectivity index (χ0v) is 18.3. The van der Waals surface area contributed by atoms with Crippen LogP contribution in [-0.4, -0.2) is 41.3 Å². The monoisotopic (exact) mass is 420 g/mol. The Morgan fingerprint density at radius 1 is 1.10 bits per heavy atom. The minimum Gasteiger partial charge on any atom is -0.356 e. The summed E-state index contributed by atoms with van der Waals surface area (Å²) in [4.78, 5) is 31.5. The number of likely N-dealkylation sites (tertiary alicyclic amines) is 1. The molecular formula is C25H32N4O2. The highest BCUT2D eigenvalue weighted by Gasteiger charge is 2.26. The average Bonchev–Trinajstić information content (AvgIpc) is 3.60. The summed E-state index contributed by atoms with van der Waals surface area (Å²) in [7, 11) is 0. The van der Waals surface area contributed by atoms with Crippen LogP contribution in [0.4, 0.5) is 5.69 Å². The maximum absolute atomic E-state index is 12.5. The van der Waals surface area contributed by atoms with Crippen molar-refractivity contribution in [2.45, 2.75) is 45.6 Å². The third-order valence-corrected chi connectivity index (χ3v) is 6.18. The van der Waals surface area contributed by atoms with Gasteiger partial charge in [0, 0.05) is 37.1 Å². The van der Waals surface area contributed by atoms with Crippen LogP contribution < -0.4 is 10.6 Å². The first-order valence-electron chi connectivity index (χ1n) is 11.4. The summed E-state index contributed by atoms with van der Waals surface area (Å²) in [5.74, 6) is 0.950. The van der Waals surface area contributed by atoms with Crippen molar-refractivity contribution in [3.8, 4) is 0 Å². The van der Waals surface area contributed by atoms with Crippen LogP contribution in [0, 0.1) is 18.8 Å². The van der Waals surface area contributed by atoms with E-state index in [9.17, 15) is 9.59 Å². The topological polar surface area (TPSA) is 74.3 Å². The van der Waals surface area contributed by atoms with Crippen LogP contribution in [-0.2, 0) is 11.3 Å². The Balaban J connectivity index is 1.30. The molecule has 0 spiro atoms. The maximum atomic E-state index is 12.5. The molecule has 2 N–H and O–H groups in total. The molecule has 4 rings (SSSR count). The fourth-order valence-corrected chi connectivity index (χ4v) is 4.18. The summed E-state index contributed by atoms with van der Waals surface area (Å²) in [5.41, 5.74) is 3.47. The third kappa shape index (κ3) is 6.37. The quantitative estimate of drug-likeness (QED) is 0.715. The first-order chi connectivity index (χ1) is 15.1. The van der Waals surface area contributed by atoms with Gasteiger partial charge in [0.25, 0.3) is 5.91 Å². The van der Waals surface area contributed by atoms with Crippen molar-refractivity contribution in [1.82, 2.24) is 15.2 Å². The predicted molar refractivity (Wildman–Crippen MR) is 122 cm³/mol. The number of rotatable bonds is 7. The van der Waals surface area contributed by atoms with E-state index in [4.69, 9.17) is 0 Å². The molecule has 2 aliphatic rings. The van der Waals surface area contributed by atoms with Crippen LogP contribution in [0.15, 0.2) is 42.7 Å². The molecule has 2 fully saturated rings. The van der Waals surface area contributed by atoms with Crippen LogP contribution in [0.5, 0.6) is 0 Å². The molecule has 2 heterocycles. The first kappa shape index (κ1) is 21.5. The van der Waals surface area contributed by atoms with E-state index in [0.29, 0.717) is 5.56 Å². The lowest BCUT2D eigenvalue weighted by atomic mass is 10.00. The lowest BCUT2D eigenvalue weighted by Gasteiger charge is -2.20. The maximum Gasteiger partial charge on any atom is 0.257 e. The number of benzene rings is 1. The summed E-state index contributed by atoms with van der Waals surface area (Å²) in [6, 6.07) is 9.85. The molecule has 1 unspecified atom stereocenters. The van der Waals surface area contributed by atoms with Crippen molar-refractivity contribution in [3.05, 3.63) is 59.4 Å². The lowest BCUT2D eigenvalue weighted by molar-refractivity contribution is -0.125. The summed E-state index contributed by atoms with van der Waals surface area (Å²) < 4.78 is 0.